The van der Waals surface area contributed by atoms with E-state index in [1.54, 1.807) is 0 Å². The summed E-state index contributed by atoms with van der Waals surface area (Å²) in [4.78, 5) is 20.1. The summed E-state index contributed by atoms with van der Waals surface area (Å²) in [6.07, 6.45) is 0.426. The molecule has 7 heteroatoms. The van der Waals surface area contributed by atoms with Crippen molar-refractivity contribution >= 4 is 7.82 Å². The van der Waals surface area contributed by atoms with Gasteiger partial charge in [-0.25, -0.2) is 0 Å². The fraction of sp³-hybridized carbons (Fsp3) is 0.250. The fourth-order valence-electron chi connectivity index (χ4n) is 0.920. The van der Waals surface area contributed by atoms with E-state index in [2.05, 4.69) is 4.52 Å². The maximum Gasteiger partial charge on any atom is 1.00 e. The van der Waals surface area contributed by atoms with Gasteiger partial charge in [-0.1, -0.05) is 30.3 Å². The summed E-state index contributed by atoms with van der Waals surface area (Å²) < 4.78 is 14.1. The number of phosphoric ester groups is 1. The smallest absolute Gasteiger partial charge is 0.790 e. The van der Waals surface area contributed by atoms with Crippen LogP contribution in [0, 0.1) is 0 Å². The van der Waals surface area contributed by atoms with E-state index in [9.17, 15) is 14.4 Å². The topological polar surface area (TPSA) is 72.4 Å². The first kappa shape index (κ1) is 18.7. The molecule has 0 N–H and O–H groups in total. The van der Waals surface area contributed by atoms with E-state index in [4.69, 9.17) is 0 Å². The first-order valence-electron chi connectivity index (χ1n) is 3.78. The van der Waals surface area contributed by atoms with Gasteiger partial charge in [0, 0.05) is 0 Å². The molecule has 0 spiro atoms. The predicted octanol–water partition coefficient (Wildman–Crippen LogP) is -5.92. The molecule has 1 aromatic carbocycles. The Labute approximate surface area is 133 Å². The number of hydrogen-bond acceptors (Lipinski definition) is 4. The second kappa shape index (κ2) is 9.37. The van der Waals surface area contributed by atoms with Gasteiger partial charge in [-0.05, 0) is 12.0 Å². The molecule has 0 atom stereocenters. The monoisotopic (exact) mass is 252 g/mol. The third-order valence-corrected chi connectivity index (χ3v) is 1.98. The van der Waals surface area contributed by atoms with E-state index < -0.39 is 7.82 Å². The summed E-state index contributed by atoms with van der Waals surface area (Å²) in [5, 5.41) is 0. The number of benzene rings is 1. The van der Waals surface area contributed by atoms with Gasteiger partial charge in [-0.15, -0.1) is 0 Å². The zero-order chi connectivity index (χ0) is 9.73. The van der Waals surface area contributed by atoms with Crippen molar-refractivity contribution in [3.8, 4) is 0 Å². The Hall–Kier alpha value is 1.33. The van der Waals surface area contributed by atoms with Gasteiger partial charge in [0.05, 0.1) is 14.4 Å². The van der Waals surface area contributed by atoms with Crippen LogP contribution in [-0.2, 0) is 15.5 Å². The Morgan fingerprint density at radius 2 is 1.67 bits per heavy atom. The summed E-state index contributed by atoms with van der Waals surface area (Å²) in [6.45, 7) is -0.0890. The molecule has 0 aliphatic carbocycles. The molecule has 15 heavy (non-hydrogen) atoms. The molecule has 4 nitrogen and oxygen atoms in total. The van der Waals surface area contributed by atoms with E-state index in [-0.39, 0.29) is 65.7 Å². The Kier molecular flexibility index (Phi) is 11.7. The van der Waals surface area contributed by atoms with Gasteiger partial charge in [0.15, 0.2) is 0 Å². The first-order valence-corrected chi connectivity index (χ1v) is 5.24. The number of phosphoric acid groups is 1. The molecule has 72 valence electrons. The summed E-state index contributed by atoms with van der Waals surface area (Å²) in [5.74, 6) is 0. The van der Waals surface area contributed by atoms with Crippen LogP contribution in [0.5, 0.6) is 0 Å². The van der Waals surface area contributed by atoms with Crippen LogP contribution in [0.4, 0.5) is 0 Å². The standard InChI is InChI=1S/C8H11O4P.2Na/c9-13(10,11)12-7-6-8-4-2-1-3-5-8;;/h1-5H,6-7H2,(H2,9,10,11);;/q;2*+1/p-2/i9+2,10+2,11+2;;. The molecule has 0 saturated heterocycles. The molecular formula is C8H9Na2O4P. The van der Waals surface area contributed by atoms with Crippen molar-refractivity contribution in [3.63, 3.8) is 0 Å². The van der Waals surface area contributed by atoms with Crippen molar-refractivity contribution in [1.82, 2.24) is 0 Å². The zero-order valence-corrected chi connectivity index (χ0v) is 13.8. The maximum absolute atomic E-state index is 10.1. The van der Waals surface area contributed by atoms with Gasteiger partial charge in [-0.3, -0.25) is 0 Å². The predicted molar refractivity (Wildman–Crippen MR) is 43.7 cm³/mol. The minimum atomic E-state index is -4.80. The summed E-state index contributed by atoms with van der Waals surface area (Å²) in [7, 11) is -4.80. The quantitative estimate of drug-likeness (QED) is 0.304. The molecule has 0 aromatic heterocycles. The molecular weight excluding hydrogens is 243 g/mol. The minimum absolute atomic E-state index is 0. The summed E-state index contributed by atoms with van der Waals surface area (Å²) >= 11 is 0. The minimum Gasteiger partial charge on any atom is -0.790 e. The van der Waals surface area contributed by atoms with Crippen LogP contribution in [0.15, 0.2) is 30.3 Å². The van der Waals surface area contributed by atoms with Crippen LogP contribution in [0.2, 0.25) is 0 Å². The molecule has 0 unspecified atom stereocenters. The molecule has 0 saturated carbocycles. The second-order valence-corrected chi connectivity index (χ2v) is 3.67. The second-order valence-electron chi connectivity index (χ2n) is 2.52. The van der Waals surface area contributed by atoms with Crippen molar-refractivity contribution in [1.29, 1.82) is 0 Å². The zero-order valence-electron chi connectivity index (χ0n) is 8.88. The molecule has 0 aliphatic heterocycles. The largest absolute Gasteiger partial charge is 1.00 e. The normalized spacial score (nSPS) is 10.0. The summed E-state index contributed by atoms with van der Waals surface area (Å²) in [6, 6.07) is 9.21. The van der Waals surface area contributed by atoms with E-state index in [0.717, 1.165) is 5.56 Å². The van der Waals surface area contributed by atoms with Gasteiger partial charge in [0.1, 0.15) is 0 Å². The van der Waals surface area contributed by atoms with Crippen molar-refractivity contribution in [2.24, 2.45) is 0 Å². The van der Waals surface area contributed by atoms with Gasteiger partial charge in [-0.2, -0.15) is 0 Å². The average molecular weight is 252 g/mol. The molecule has 0 fully saturated rings. The maximum atomic E-state index is 10.1. The molecule has 0 aliphatic rings. The Balaban J connectivity index is 0. The van der Waals surface area contributed by atoms with E-state index in [1.807, 2.05) is 30.3 Å². The average Bonchev–Trinajstić information content (AvgIpc) is 2.04. The van der Waals surface area contributed by atoms with Gasteiger partial charge < -0.3 is 18.9 Å². The number of hydrogen-bond donors (Lipinski definition) is 0. The Morgan fingerprint density at radius 1 is 1.13 bits per heavy atom. The van der Waals surface area contributed by atoms with Crippen LogP contribution >= 0.6 is 7.82 Å². The Morgan fingerprint density at radius 3 is 2.13 bits per heavy atom. The third-order valence-electron chi connectivity index (χ3n) is 1.48. The SMILES string of the molecule is [18O]=P([18O-])([18O-])OCCc1ccccc1.[Na+].[Na+]. The summed E-state index contributed by atoms with van der Waals surface area (Å²) in [5.41, 5.74) is 0.941. The molecule has 0 heterocycles. The van der Waals surface area contributed by atoms with Gasteiger partial charge in [0.2, 0.25) is 0 Å². The van der Waals surface area contributed by atoms with Crippen LogP contribution < -0.4 is 68.9 Å². The van der Waals surface area contributed by atoms with Crippen molar-refractivity contribution < 1.29 is 78.0 Å². The molecule has 0 amide bonds. The number of rotatable bonds is 4. The van der Waals surface area contributed by atoms with Gasteiger partial charge in [0.25, 0.3) is 0 Å². The van der Waals surface area contributed by atoms with E-state index >= 15 is 0 Å². The Bertz CT molecular complexity index is 301. The van der Waals surface area contributed by atoms with Gasteiger partial charge >= 0.3 is 59.1 Å². The molecule has 0 bridgehead atoms. The van der Waals surface area contributed by atoms with Crippen LogP contribution in [0.1, 0.15) is 5.56 Å². The third kappa shape index (κ3) is 10.2. The van der Waals surface area contributed by atoms with E-state index in [1.165, 1.54) is 0 Å². The molecule has 0 radical (unpaired) electrons. The van der Waals surface area contributed by atoms with Crippen LogP contribution in [0.25, 0.3) is 0 Å². The van der Waals surface area contributed by atoms with E-state index in [0.29, 0.717) is 6.42 Å². The van der Waals surface area contributed by atoms with Crippen molar-refractivity contribution in [2.75, 3.05) is 6.61 Å². The van der Waals surface area contributed by atoms with Crippen LogP contribution in [-0.4, -0.2) is 6.61 Å². The fourth-order valence-corrected chi connectivity index (χ4v) is 1.23. The van der Waals surface area contributed by atoms with Crippen molar-refractivity contribution in [3.05, 3.63) is 35.9 Å². The van der Waals surface area contributed by atoms with Crippen molar-refractivity contribution in [2.45, 2.75) is 6.42 Å². The molecule has 1 aromatic rings. The first-order chi connectivity index (χ1) is 6.08. The molecule has 1 rings (SSSR count). The van der Waals surface area contributed by atoms with Crippen LogP contribution in [0.3, 0.4) is 0 Å².